The molecule has 1 aliphatic heterocycles. The van der Waals surface area contributed by atoms with Gasteiger partial charge in [0.15, 0.2) is 11.5 Å². The number of nitrogens with zero attached hydrogens (tertiary/aromatic N) is 1. The number of rotatable bonds is 13. The number of amides is 1. The minimum atomic E-state index is -0.0818. The summed E-state index contributed by atoms with van der Waals surface area (Å²) in [5.41, 5.74) is 3.23. The lowest BCUT2D eigenvalue weighted by Crippen LogP contribution is -2.27. The topological polar surface area (TPSA) is 48.0 Å². The first-order valence-corrected chi connectivity index (χ1v) is 14.6. The minimum absolute atomic E-state index is 0.0818. The molecular formula is C32H35NO4S2. The lowest BCUT2D eigenvalue weighted by atomic mass is 9.99. The van der Waals surface area contributed by atoms with Crippen molar-refractivity contribution in [2.75, 3.05) is 19.8 Å². The van der Waals surface area contributed by atoms with Crippen LogP contribution in [0.1, 0.15) is 56.2 Å². The van der Waals surface area contributed by atoms with E-state index in [1.54, 1.807) is 4.90 Å². The molecule has 0 aliphatic carbocycles. The molecule has 4 rings (SSSR count). The van der Waals surface area contributed by atoms with Gasteiger partial charge in [0.1, 0.15) is 10.1 Å². The number of ether oxygens (including phenoxy) is 3. The molecule has 1 unspecified atom stereocenters. The maximum Gasteiger partial charge on any atom is 0.266 e. The molecule has 5 nitrogen and oxygen atoms in total. The smallest absolute Gasteiger partial charge is 0.266 e. The first-order chi connectivity index (χ1) is 19.0. The predicted molar refractivity (Wildman–Crippen MR) is 164 cm³/mol. The van der Waals surface area contributed by atoms with Crippen LogP contribution < -0.4 is 14.2 Å². The zero-order chi connectivity index (χ0) is 27.6. The second-order valence-electron chi connectivity index (χ2n) is 9.32. The van der Waals surface area contributed by atoms with Gasteiger partial charge in [0.25, 0.3) is 5.91 Å². The Kier molecular flexibility index (Phi) is 10.5. The van der Waals surface area contributed by atoms with Gasteiger partial charge in [0, 0.05) is 6.42 Å². The molecule has 1 saturated heterocycles. The molecule has 0 N–H and O–H groups in total. The van der Waals surface area contributed by atoms with Gasteiger partial charge in [-0.05, 0) is 66.3 Å². The van der Waals surface area contributed by atoms with Crippen molar-refractivity contribution in [3.63, 3.8) is 0 Å². The fraction of sp³-hybridized carbons (Fsp3) is 0.312. The van der Waals surface area contributed by atoms with Crippen LogP contribution in [0.2, 0.25) is 0 Å². The van der Waals surface area contributed by atoms with Crippen molar-refractivity contribution in [2.24, 2.45) is 0 Å². The molecule has 1 fully saturated rings. The van der Waals surface area contributed by atoms with Gasteiger partial charge < -0.3 is 14.2 Å². The van der Waals surface area contributed by atoms with Crippen LogP contribution in [0.15, 0.2) is 77.7 Å². The molecule has 7 heteroatoms. The summed E-state index contributed by atoms with van der Waals surface area (Å²) in [7, 11) is 0. The Morgan fingerprint density at radius 3 is 2.38 bits per heavy atom. The molecule has 0 bridgehead atoms. The van der Waals surface area contributed by atoms with Crippen molar-refractivity contribution >= 4 is 40.3 Å². The van der Waals surface area contributed by atoms with Crippen molar-refractivity contribution in [3.05, 3.63) is 94.4 Å². The largest absolute Gasteiger partial charge is 0.493 e. The van der Waals surface area contributed by atoms with Gasteiger partial charge in [0.05, 0.1) is 31.3 Å². The van der Waals surface area contributed by atoms with E-state index < -0.39 is 0 Å². The third-order valence-corrected chi connectivity index (χ3v) is 7.88. The van der Waals surface area contributed by atoms with Crippen molar-refractivity contribution in [1.82, 2.24) is 4.90 Å². The molecule has 3 aromatic rings. The van der Waals surface area contributed by atoms with E-state index in [0.29, 0.717) is 53.0 Å². The van der Waals surface area contributed by atoms with E-state index in [4.69, 9.17) is 26.4 Å². The van der Waals surface area contributed by atoms with Crippen LogP contribution in [-0.2, 0) is 11.3 Å². The second kappa shape index (κ2) is 14.2. The normalized spacial score (nSPS) is 15.1. The summed E-state index contributed by atoms with van der Waals surface area (Å²) in [5, 5.41) is 0. The highest BCUT2D eigenvalue weighted by molar-refractivity contribution is 8.26. The minimum Gasteiger partial charge on any atom is -0.493 e. The molecule has 0 aromatic heterocycles. The number of carbonyl (C=O) groups is 1. The van der Waals surface area contributed by atoms with E-state index in [0.717, 1.165) is 29.7 Å². The van der Waals surface area contributed by atoms with Crippen LogP contribution in [0.3, 0.4) is 0 Å². The summed E-state index contributed by atoms with van der Waals surface area (Å²) in [6.45, 7) is 8.41. The quantitative estimate of drug-likeness (QED) is 0.120. The van der Waals surface area contributed by atoms with Crippen LogP contribution in [0.4, 0.5) is 0 Å². The summed E-state index contributed by atoms with van der Waals surface area (Å²) in [6, 6.07) is 23.9. The molecule has 204 valence electrons. The third kappa shape index (κ3) is 7.87. The maximum atomic E-state index is 13.0. The molecule has 0 radical (unpaired) electrons. The SMILES string of the molecule is CCOc1cc(/C=C2\SC(=S)N(Cc3ccccc3)C2=O)ccc1OCCCOc1ccc(C(C)CC)cc1. The van der Waals surface area contributed by atoms with Gasteiger partial charge in [-0.3, -0.25) is 9.69 Å². The van der Waals surface area contributed by atoms with Crippen LogP contribution in [0, 0.1) is 0 Å². The fourth-order valence-electron chi connectivity index (χ4n) is 4.12. The van der Waals surface area contributed by atoms with E-state index in [2.05, 4.69) is 26.0 Å². The average molecular weight is 562 g/mol. The maximum absolute atomic E-state index is 13.0. The van der Waals surface area contributed by atoms with E-state index >= 15 is 0 Å². The summed E-state index contributed by atoms with van der Waals surface area (Å²) in [4.78, 5) is 15.3. The molecule has 0 saturated carbocycles. The van der Waals surface area contributed by atoms with Gasteiger partial charge in [-0.2, -0.15) is 0 Å². The first-order valence-electron chi connectivity index (χ1n) is 13.4. The molecular weight excluding hydrogens is 526 g/mol. The third-order valence-electron chi connectivity index (χ3n) is 6.50. The fourth-order valence-corrected chi connectivity index (χ4v) is 5.37. The number of hydrogen-bond acceptors (Lipinski definition) is 6. The standard InChI is InChI=1S/C32H35NO4S2/c1-4-23(3)26-13-15-27(16-14-26)36-18-9-19-37-28-17-12-25(20-29(28)35-5-2)21-30-31(34)33(32(38)39-30)22-24-10-7-6-8-11-24/h6-8,10-17,20-21,23H,4-5,9,18-19,22H2,1-3H3/b30-21-. The van der Waals surface area contributed by atoms with Gasteiger partial charge in [-0.15, -0.1) is 0 Å². The van der Waals surface area contributed by atoms with Gasteiger partial charge in [-0.1, -0.05) is 86.4 Å². The lowest BCUT2D eigenvalue weighted by Gasteiger charge is -2.14. The Bertz CT molecular complexity index is 1290. The van der Waals surface area contributed by atoms with Crippen LogP contribution in [0.25, 0.3) is 6.08 Å². The number of carbonyl (C=O) groups excluding carboxylic acids is 1. The van der Waals surface area contributed by atoms with E-state index in [1.807, 2.05) is 73.7 Å². The highest BCUT2D eigenvalue weighted by atomic mass is 32.2. The number of thiocarbonyl (C=S) groups is 1. The predicted octanol–water partition coefficient (Wildman–Crippen LogP) is 7.85. The zero-order valence-corrected chi connectivity index (χ0v) is 24.4. The Balaban J connectivity index is 1.32. The van der Waals surface area contributed by atoms with Crippen molar-refractivity contribution in [3.8, 4) is 17.2 Å². The molecule has 1 aliphatic rings. The number of thioether (sulfide) groups is 1. The average Bonchev–Trinajstić information content (AvgIpc) is 3.21. The first kappa shape index (κ1) is 28.7. The number of benzene rings is 3. The number of hydrogen-bond donors (Lipinski definition) is 0. The van der Waals surface area contributed by atoms with E-state index in [9.17, 15) is 4.79 Å². The van der Waals surface area contributed by atoms with E-state index in [-0.39, 0.29) is 5.91 Å². The van der Waals surface area contributed by atoms with Crippen molar-refractivity contribution in [1.29, 1.82) is 0 Å². The van der Waals surface area contributed by atoms with Crippen molar-refractivity contribution in [2.45, 2.75) is 46.1 Å². The molecule has 0 spiro atoms. The van der Waals surface area contributed by atoms with Crippen molar-refractivity contribution < 1.29 is 19.0 Å². The molecule has 1 heterocycles. The molecule has 1 atom stereocenters. The molecule has 39 heavy (non-hydrogen) atoms. The lowest BCUT2D eigenvalue weighted by molar-refractivity contribution is -0.122. The highest BCUT2D eigenvalue weighted by Crippen LogP contribution is 2.35. The Morgan fingerprint density at radius 2 is 1.67 bits per heavy atom. The van der Waals surface area contributed by atoms with Crippen LogP contribution in [0.5, 0.6) is 17.2 Å². The van der Waals surface area contributed by atoms with Crippen LogP contribution in [-0.4, -0.2) is 34.9 Å². The Hall–Kier alpha value is -3.29. The Morgan fingerprint density at radius 1 is 0.923 bits per heavy atom. The summed E-state index contributed by atoms with van der Waals surface area (Å²) in [5.74, 6) is 2.66. The Labute approximate surface area is 241 Å². The molecule has 3 aromatic carbocycles. The van der Waals surface area contributed by atoms with Gasteiger partial charge >= 0.3 is 0 Å². The van der Waals surface area contributed by atoms with Crippen LogP contribution >= 0.6 is 24.0 Å². The highest BCUT2D eigenvalue weighted by Gasteiger charge is 2.32. The summed E-state index contributed by atoms with van der Waals surface area (Å²) in [6.07, 6.45) is 3.72. The van der Waals surface area contributed by atoms with Gasteiger partial charge in [0.2, 0.25) is 0 Å². The zero-order valence-electron chi connectivity index (χ0n) is 22.7. The summed E-state index contributed by atoms with van der Waals surface area (Å²) >= 11 is 6.81. The molecule has 1 amide bonds. The second-order valence-corrected chi connectivity index (χ2v) is 11.0. The van der Waals surface area contributed by atoms with E-state index in [1.165, 1.54) is 17.3 Å². The monoisotopic (exact) mass is 561 g/mol. The van der Waals surface area contributed by atoms with Gasteiger partial charge in [-0.25, -0.2) is 0 Å². The summed E-state index contributed by atoms with van der Waals surface area (Å²) < 4.78 is 18.3.